The van der Waals surface area contributed by atoms with Gasteiger partial charge in [-0.3, -0.25) is 0 Å². The minimum atomic E-state index is -4.29. The second-order valence-corrected chi connectivity index (χ2v) is 2.39. The average molecular weight is 179 g/mol. The van der Waals surface area contributed by atoms with Gasteiger partial charge in [-0.2, -0.15) is 13.2 Å². The quantitative estimate of drug-likeness (QED) is 0.752. The lowest BCUT2D eigenvalue weighted by molar-refractivity contribution is -0.148. The fourth-order valence-electron chi connectivity index (χ4n) is 0.932. The van der Waals surface area contributed by atoms with E-state index in [1.54, 1.807) is 0 Å². The van der Waals surface area contributed by atoms with Gasteiger partial charge < -0.3 is 10.2 Å². The summed E-state index contributed by atoms with van der Waals surface area (Å²) in [4.78, 5) is 0. The molecule has 5 heteroatoms. The first-order valence-corrected chi connectivity index (χ1v) is 3.34. The molecule has 0 spiro atoms. The van der Waals surface area contributed by atoms with E-state index in [1.807, 2.05) is 0 Å². The molecular formula is C7H8F3NO. The first-order chi connectivity index (χ1) is 5.55. The Morgan fingerprint density at radius 2 is 2.17 bits per heavy atom. The van der Waals surface area contributed by atoms with Crippen LogP contribution in [-0.4, -0.2) is 12.7 Å². The minimum Gasteiger partial charge on any atom is -0.472 e. The molecule has 1 aromatic rings. The van der Waals surface area contributed by atoms with E-state index in [4.69, 9.17) is 5.73 Å². The summed E-state index contributed by atoms with van der Waals surface area (Å²) in [5.41, 5.74) is 5.06. The van der Waals surface area contributed by atoms with Crippen LogP contribution in [-0.2, 0) is 0 Å². The molecule has 0 bridgehead atoms. The zero-order chi connectivity index (χ0) is 9.19. The maximum Gasteiger partial charge on any atom is 0.397 e. The van der Waals surface area contributed by atoms with Gasteiger partial charge in [0, 0.05) is 12.1 Å². The fourth-order valence-corrected chi connectivity index (χ4v) is 0.932. The van der Waals surface area contributed by atoms with Crippen LogP contribution in [0.5, 0.6) is 0 Å². The second-order valence-electron chi connectivity index (χ2n) is 2.39. The van der Waals surface area contributed by atoms with Gasteiger partial charge in [0.05, 0.1) is 18.4 Å². The summed E-state index contributed by atoms with van der Waals surface area (Å²) in [6.07, 6.45) is -2.03. The van der Waals surface area contributed by atoms with E-state index in [9.17, 15) is 13.2 Å². The van der Waals surface area contributed by atoms with Gasteiger partial charge in [-0.05, 0) is 6.07 Å². The molecule has 0 radical (unpaired) electrons. The van der Waals surface area contributed by atoms with Crippen molar-refractivity contribution in [3.05, 3.63) is 24.2 Å². The number of hydrogen-bond acceptors (Lipinski definition) is 2. The summed E-state index contributed by atoms with van der Waals surface area (Å²) in [5, 5.41) is 0. The topological polar surface area (TPSA) is 39.2 Å². The van der Waals surface area contributed by atoms with Gasteiger partial charge in [0.25, 0.3) is 0 Å². The second kappa shape index (κ2) is 3.18. The highest BCUT2D eigenvalue weighted by Gasteiger charge is 2.40. The van der Waals surface area contributed by atoms with Crippen molar-refractivity contribution in [1.82, 2.24) is 0 Å². The van der Waals surface area contributed by atoms with E-state index in [2.05, 4.69) is 4.42 Å². The van der Waals surface area contributed by atoms with Gasteiger partial charge in [0.2, 0.25) is 0 Å². The smallest absolute Gasteiger partial charge is 0.397 e. The van der Waals surface area contributed by atoms with Crippen LogP contribution in [0.1, 0.15) is 11.5 Å². The van der Waals surface area contributed by atoms with Crippen molar-refractivity contribution in [3.63, 3.8) is 0 Å². The number of halogens is 3. The number of hydrogen-bond donors (Lipinski definition) is 1. The summed E-state index contributed by atoms with van der Waals surface area (Å²) in [6.45, 7) is -0.455. The molecule has 0 aromatic carbocycles. The molecule has 0 saturated heterocycles. The number of alkyl halides is 3. The van der Waals surface area contributed by atoms with E-state index in [0.717, 1.165) is 6.26 Å². The third-order valence-corrected chi connectivity index (χ3v) is 1.58. The van der Waals surface area contributed by atoms with Crippen molar-refractivity contribution in [1.29, 1.82) is 0 Å². The Kier molecular flexibility index (Phi) is 2.42. The third-order valence-electron chi connectivity index (χ3n) is 1.58. The van der Waals surface area contributed by atoms with Crippen molar-refractivity contribution in [2.45, 2.75) is 12.1 Å². The van der Waals surface area contributed by atoms with Crippen molar-refractivity contribution in [2.24, 2.45) is 5.73 Å². The molecule has 1 rings (SSSR count). The van der Waals surface area contributed by atoms with Crippen molar-refractivity contribution >= 4 is 0 Å². The van der Waals surface area contributed by atoms with E-state index in [1.165, 1.54) is 12.3 Å². The maximum absolute atomic E-state index is 12.2. The Hall–Kier alpha value is -0.970. The standard InChI is InChI=1S/C7H8F3NO/c8-7(9,10)6(3-11)5-1-2-12-4-5/h1-2,4,6H,3,11H2. The summed E-state index contributed by atoms with van der Waals surface area (Å²) >= 11 is 0. The lowest BCUT2D eigenvalue weighted by Gasteiger charge is -2.16. The maximum atomic E-state index is 12.2. The molecule has 1 unspecified atom stereocenters. The lowest BCUT2D eigenvalue weighted by atomic mass is 10.0. The molecule has 2 N–H and O–H groups in total. The zero-order valence-electron chi connectivity index (χ0n) is 6.14. The largest absolute Gasteiger partial charge is 0.472 e. The van der Waals surface area contributed by atoms with Gasteiger partial charge in [0.15, 0.2) is 0 Å². The molecule has 0 aliphatic rings. The predicted octanol–water partition coefficient (Wildman–Crippen LogP) is 1.88. The van der Waals surface area contributed by atoms with Gasteiger partial charge in [-0.15, -0.1) is 0 Å². The van der Waals surface area contributed by atoms with Crippen molar-refractivity contribution < 1.29 is 17.6 Å². The van der Waals surface area contributed by atoms with E-state index >= 15 is 0 Å². The van der Waals surface area contributed by atoms with Crippen LogP contribution in [0.3, 0.4) is 0 Å². The number of rotatable bonds is 2. The van der Waals surface area contributed by atoms with Gasteiger partial charge in [-0.1, -0.05) is 0 Å². The van der Waals surface area contributed by atoms with Crippen LogP contribution >= 0.6 is 0 Å². The molecule has 68 valence electrons. The molecule has 0 saturated carbocycles. The van der Waals surface area contributed by atoms with E-state index in [-0.39, 0.29) is 5.56 Å². The molecule has 1 aromatic heterocycles. The molecule has 2 nitrogen and oxygen atoms in total. The number of nitrogens with two attached hydrogens (primary N) is 1. The molecular weight excluding hydrogens is 171 g/mol. The normalized spacial score (nSPS) is 14.7. The highest BCUT2D eigenvalue weighted by Crippen LogP contribution is 2.33. The van der Waals surface area contributed by atoms with Crippen LogP contribution in [0, 0.1) is 0 Å². The Morgan fingerprint density at radius 3 is 2.50 bits per heavy atom. The van der Waals surface area contributed by atoms with Crippen LogP contribution in [0.15, 0.2) is 23.0 Å². The van der Waals surface area contributed by atoms with E-state index in [0.29, 0.717) is 0 Å². The molecule has 1 heterocycles. The molecule has 0 fully saturated rings. The lowest BCUT2D eigenvalue weighted by Crippen LogP contribution is -2.27. The van der Waals surface area contributed by atoms with Crippen LogP contribution < -0.4 is 5.73 Å². The Labute approximate surface area is 67.2 Å². The Balaban J connectivity index is 2.84. The zero-order valence-corrected chi connectivity index (χ0v) is 6.14. The molecule has 0 aliphatic heterocycles. The summed E-state index contributed by atoms with van der Waals surface area (Å²) in [5.74, 6) is -1.61. The monoisotopic (exact) mass is 179 g/mol. The fraction of sp³-hybridized carbons (Fsp3) is 0.429. The third kappa shape index (κ3) is 1.79. The highest BCUT2D eigenvalue weighted by molar-refractivity contribution is 5.14. The Morgan fingerprint density at radius 1 is 1.50 bits per heavy atom. The minimum absolute atomic E-state index is 0.0741. The molecule has 1 atom stereocenters. The first-order valence-electron chi connectivity index (χ1n) is 3.34. The van der Waals surface area contributed by atoms with Gasteiger partial charge in [-0.25, -0.2) is 0 Å². The molecule has 0 aliphatic carbocycles. The predicted molar refractivity (Wildman–Crippen MR) is 36.6 cm³/mol. The van der Waals surface area contributed by atoms with Crippen LogP contribution in [0.2, 0.25) is 0 Å². The Bertz CT molecular complexity index is 229. The summed E-state index contributed by atoms with van der Waals surface area (Å²) in [6, 6.07) is 1.27. The summed E-state index contributed by atoms with van der Waals surface area (Å²) in [7, 11) is 0. The van der Waals surface area contributed by atoms with E-state index < -0.39 is 18.6 Å². The van der Waals surface area contributed by atoms with Crippen molar-refractivity contribution in [3.8, 4) is 0 Å². The van der Waals surface area contributed by atoms with Crippen LogP contribution in [0.25, 0.3) is 0 Å². The molecule has 12 heavy (non-hydrogen) atoms. The number of furan rings is 1. The van der Waals surface area contributed by atoms with Gasteiger partial charge >= 0.3 is 6.18 Å². The highest BCUT2D eigenvalue weighted by atomic mass is 19.4. The summed E-state index contributed by atoms with van der Waals surface area (Å²) < 4.78 is 41.0. The SMILES string of the molecule is NCC(c1ccoc1)C(F)(F)F. The molecule has 0 amide bonds. The van der Waals surface area contributed by atoms with Crippen LogP contribution in [0.4, 0.5) is 13.2 Å². The van der Waals surface area contributed by atoms with Gasteiger partial charge in [0.1, 0.15) is 0 Å². The van der Waals surface area contributed by atoms with Crippen molar-refractivity contribution in [2.75, 3.05) is 6.54 Å². The average Bonchev–Trinajstić information content (AvgIpc) is 2.38. The first kappa shape index (κ1) is 9.12.